The van der Waals surface area contributed by atoms with Gasteiger partial charge < -0.3 is 10.1 Å². The van der Waals surface area contributed by atoms with E-state index in [-0.39, 0.29) is 23.3 Å². The van der Waals surface area contributed by atoms with Crippen LogP contribution in [0.5, 0.6) is 0 Å². The number of rotatable bonds is 7. The van der Waals surface area contributed by atoms with E-state index in [1.807, 2.05) is 37.3 Å². The third-order valence-corrected chi connectivity index (χ3v) is 7.25. The number of nitrogens with zero attached hydrogens (tertiary/aromatic N) is 2. The van der Waals surface area contributed by atoms with E-state index in [9.17, 15) is 9.59 Å². The zero-order valence-electron chi connectivity index (χ0n) is 17.1. The Bertz CT molecular complexity index is 1100. The summed E-state index contributed by atoms with van der Waals surface area (Å²) in [5.41, 5.74) is 1.80. The highest BCUT2D eigenvalue weighted by Gasteiger charge is 2.23. The van der Waals surface area contributed by atoms with E-state index in [1.165, 1.54) is 11.8 Å². The second-order valence-corrected chi connectivity index (χ2v) is 9.46. The van der Waals surface area contributed by atoms with Crippen LogP contribution >= 0.6 is 23.1 Å². The van der Waals surface area contributed by atoms with Crippen molar-refractivity contribution in [3.63, 3.8) is 0 Å². The number of anilines is 1. The normalized spacial score (nSPS) is 16.3. The van der Waals surface area contributed by atoms with Crippen LogP contribution in [-0.2, 0) is 22.5 Å². The first-order chi connectivity index (χ1) is 14.6. The number of aryl methyl sites for hydroxylation is 2. The molecular weight excluding hydrogens is 418 g/mol. The summed E-state index contributed by atoms with van der Waals surface area (Å²) in [5, 5.41) is 4.18. The molecule has 0 aliphatic carbocycles. The number of amides is 1. The third kappa shape index (κ3) is 4.45. The molecule has 1 N–H and O–H groups in total. The van der Waals surface area contributed by atoms with Gasteiger partial charge in [0.05, 0.1) is 23.8 Å². The van der Waals surface area contributed by atoms with E-state index in [4.69, 9.17) is 9.72 Å². The molecule has 1 saturated heterocycles. The van der Waals surface area contributed by atoms with Gasteiger partial charge in [0.15, 0.2) is 5.16 Å². The van der Waals surface area contributed by atoms with Gasteiger partial charge >= 0.3 is 0 Å². The molecule has 3 heterocycles. The predicted octanol–water partition coefficient (Wildman–Crippen LogP) is 4.24. The van der Waals surface area contributed by atoms with Crippen LogP contribution in [0.4, 0.5) is 5.69 Å². The molecule has 4 rings (SSSR count). The molecule has 1 aliphatic heterocycles. The van der Waals surface area contributed by atoms with E-state index < -0.39 is 0 Å². The van der Waals surface area contributed by atoms with Crippen LogP contribution in [-0.4, -0.2) is 33.9 Å². The molecule has 0 spiro atoms. The zero-order chi connectivity index (χ0) is 21.1. The third-order valence-electron chi connectivity index (χ3n) is 5.23. The lowest BCUT2D eigenvalue weighted by Crippen LogP contribution is -2.29. The van der Waals surface area contributed by atoms with Crippen molar-refractivity contribution in [3.05, 3.63) is 51.1 Å². The molecule has 8 heteroatoms. The van der Waals surface area contributed by atoms with Crippen molar-refractivity contribution in [2.45, 2.75) is 50.9 Å². The number of carbonyl (C=O) groups is 1. The monoisotopic (exact) mass is 443 g/mol. The molecule has 0 saturated carbocycles. The number of thioether (sulfide) groups is 1. The topological polar surface area (TPSA) is 73.2 Å². The van der Waals surface area contributed by atoms with Crippen molar-refractivity contribution in [3.8, 4) is 0 Å². The van der Waals surface area contributed by atoms with Crippen molar-refractivity contribution in [2.75, 3.05) is 17.7 Å². The summed E-state index contributed by atoms with van der Waals surface area (Å²) in [7, 11) is 0. The van der Waals surface area contributed by atoms with Crippen LogP contribution in [0, 0.1) is 6.92 Å². The number of para-hydroxylation sites is 1. The Morgan fingerprint density at radius 3 is 2.87 bits per heavy atom. The van der Waals surface area contributed by atoms with Gasteiger partial charge in [0.1, 0.15) is 4.83 Å². The van der Waals surface area contributed by atoms with E-state index in [0.29, 0.717) is 11.7 Å². The Morgan fingerprint density at radius 1 is 1.37 bits per heavy atom. The van der Waals surface area contributed by atoms with E-state index in [1.54, 1.807) is 15.9 Å². The van der Waals surface area contributed by atoms with E-state index in [0.717, 1.165) is 52.2 Å². The molecule has 0 radical (unpaired) electrons. The molecule has 1 fully saturated rings. The molecule has 1 atom stereocenters. The fraction of sp³-hybridized carbons (Fsp3) is 0.409. The van der Waals surface area contributed by atoms with Crippen LogP contribution in [0.25, 0.3) is 10.2 Å². The highest BCUT2D eigenvalue weighted by atomic mass is 32.2. The Labute approximate surface area is 183 Å². The van der Waals surface area contributed by atoms with Gasteiger partial charge in [-0.1, -0.05) is 36.9 Å². The number of aromatic nitrogens is 2. The summed E-state index contributed by atoms with van der Waals surface area (Å²) in [6.45, 7) is 5.31. The molecule has 1 aliphatic rings. The second kappa shape index (κ2) is 9.32. The summed E-state index contributed by atoms with van der Waals surface area (Å²) in [6, 6.07) is 9.35. The van der Waals surface area contributed by atoms with Gasteiger partial charge in [-0.2, -0.15) is 0 Å². The maximum absolute atomic E-state index is 13.4. The van der Waals surface area contributed by atoms with Crippen LogP contribution in [0.1, 0.15) is 30.2 Å². The number of fused-ring (bicyclic) bond motifs is 1. The fourth-order valence-corrected chi connectivity index (χ4v) is 5.73. The molecule has 1 aromatic carbocycles. The van der Waals surface area contributed by atoms with Crippen LogP contribution in [0.3, 0.4) is 0 Å². The number of carbonyl (C=O) groups excluding carboxylic acids is 1. The van der Waals surface area contributed by atoms with Gasteiger partial charge in [0.25, 0.3) is 5.56 Å². The first kappa shape index (κ1) is 21.1. The Balaban J connectivity index is 1.63. The molecule has 1 unspecified atom stereocenters. The Morgan fingerprint density at radius 2 is 2.17 bits per heavy atom. The van der Waals surface area contributed by atoms with E-state index >= 15 is 0 Å². The number of benzene rings is 1. The Hall–Kier alpha value is -2.16. The summed E-state index contributed by atoms with van der Waals surface area (Å²) in [5.74, 6) is 0.0596. The summed E-state index contributed by atoms with van der Waals surface area (Å²) in [6.07, 6.45) is 2.76. The van der Waals surface area contributed by atoms with Gasteiger partial charge in [-0.05, 0) is 43.9 Å². The lowest BCUT2D eigenvalue weighted by molar-refractivity contribution is -0.113. The van der Waals surface area contributed by atoms with Gasteiger partial charge in [0, 0.05) is 17.2 Å². The first-order valence-corrected chi connectivity index (χ1v) is 12.0. The van der Waals surface area contributed by atoms with Crippen molar-refractivity contribution in [2.24, 2.45) is 0 Å². The molecule has 2 aromatic heterocycles. The molecule has 1 amide bonds. The molecule has 0 bridgehead atoms. The second-order valence-electron chi connectivity index (χ2n) is 7.32. The van der Waals surface area contributed by atoms with Crippen LogP contribution in [0.2, 0.25) is 0 Å². The SMILES string of the molecule is CCc1c(C)sc2nc(SCC(=O)Nc3ccccc3)n(CC3CCCO3)c(=O)c12. The fourth-order valence-electron chi connectivity index (χ4n) is 3.77. The first-order valence-electron chi connectivity index (χ1n) is 10.2. The highest BCUT2D eigenvalue weighted by molar-refractivity contribution is 7.99. The number of hydrogen-bond donors (Lipinski definition) is 1. The zero-order valence-corrected chi connectivity index (χ0v) is 18.8. The summed E-state index contributed by atoms with van der Waals surface area (Å²) >= 11 is 2.85. The smallest absolute Gasteiger partial charge is 0.263 e. The van der Waals surface area contributed by atoms with Crippen LogP contribution < -0.4 is 10.9 Å². The van der Waals surface area contributed by atoms with Gasteiger partial charge in [-0.25, -0.2) is 4.98 Å². The van der Waals surface area contributed by atoms with E-state index in [2.05, 4.69) is 12.2 Å². The van der Waals surface area contributed by atoms with Gasteiger partial charge in [0.2, 0.25) is 5.91 Å². The summed E-state index contributed by atoms with van der Waals surface area (Å²) < 4.78 is 7.48. The number of ether oxygens (including phenoxy) is 1. The average molecular weight is 444 g/mol. The molecule has 158 valence electrons. The molecular formula is C22H25N3O3S2. The van der Waals surface area contributed by atoms with Crippen molar-refractivity contribution < 1.29 is 9.53 Å². The Kier molecular flexibility index (Phi) is 6.55. The van der Waals surface area contributed by atoms with Crippen LogP contribution in [0.15, 0.2) is 40.3 Å². The minimum atomic E-state index is -0.124. The lowest BCUT2D eigenvalue weighted by atomic mass is 10.1. The van der Waals surface area contributed by atoms with Gasteiger partial charge in [-0.3, -0.25) is 14.2 Å². The van der Waals surface area contributed by atoms with Crippen molar-refractivity contribution >= 4 is 44.9 Å². The molecule has 30 heavy (non-hydrogen) atoms. The minimum absolute atomic E-state index is 0.0178. The minimum Gasteiger partial charge on any atom is -0.376 e. The number of hydrogen-bond acceptors (Lipinski definition) is 6. The lowest BCUT2D eigenvalue weighted by Gasteiger charge is -2.16. The molecule has 3 aromatic rings. The predicted molar refractivity (Wildman–Crippen MR) is 123 cm³/mol. The van der Waals surface area contributed by atoms with Gasteiger partial charge in [-0.15, -0.1) is 11.3 Å². The quantitative estimate of drug-likeness (QED) is 0.437. The largest absolute Gasteiger partial charge is 0.376 e. The van der Waals surface area contributed by atoms with Crippen molar-refractivity contribution in [1.29, 1.82) is 0 Å². The number of thiophene rings is 1. The molecule has 6 nitrogen and oxygen atoms in total. The maximum atomic E-state index is 13.4. The number of nitrogens with one attached hydrogen (secondary N) is 1. The highest BCUT2D eigenvalue weighted by Crippen LogP contribution is 2.30. The summed E-state index contributed by atoms with van der Waals surface area (Å²) in [4.78, 5) is 32.5. The maximum Gasteiger partial charge on any atom is 0.263 e. The van der Waals surface area contributed by atoms with Crippen molar-refractivity contribution in [1.82, 2.24) is 9.55 Å². The standard InChI is InChI=1S/C22H25N3O3S2/c1-3-17-14(2)30-20-19(17)21(27)25(12-16-10-7-11-28-16)22(24-20)29-13-18(26)23-15-8-5-4-6-9-15/h4-6,8-9,16H,3,7,10-13H2,1-2H3,(H,23,26). The average Bonchev–Trinajstić information content (AvgIpc) is 3.36.